The molecule has 1 N–H and O–H groups in total. The van der Waals surface area contributed by atoms with Gasteiger partial charge in [-0.15, -0.1) is 0 Å². The number of nitrogens with zero attached hydrogens (tertiary/aromatic N) is 1. The highest BCUT2D eigenvalue weighted by Gasteiger charge is 2.20. The highest BCUT2D eigenvalue weighted by molar-refractivity contribution is 7.89. The Bertz CT molecular complexity index is 799. The Balaban J connectivity index is 2.25. The first kappa shape index (κ1) is 15.4. The fourth-order valence-corrected chi connectivity index (χ4v) is 3.00. The summed E-state index contributed by atoms with van der Waals surface area (Å²) in [7, 11) is -3.98. The molecule has 21 heavy (non-hydrogen) atoms. The lowest BCUT2D eigenvalue weighted by molar-refractivity contribution is 0.576. The molecule has 108 valence electrons. The van der Waals surface area contributed by atoms with E-state index in [0.29, 0.717) is 10.6 Å². The first-order valence-corrected chi connectivity index (χ1v) is 7.73. The van der Waals surface area contributed by atoms with Gasteiger partial charge in [-0.3, -0.25) is 0 Å². The molecule has 0 aliphatic heterocycles. The van der Waals surface area contributed by atoms with E-state index in [0.717, 1.165) is 6.07 Å². The van der Waals surface area contributed by atoms with Crippen molar-refractivity contribution in [2.75, 3.05) is 0 Å². The van der Waals surface area contributed by atoms with Crippen molar-refractivity contribution in [2.45, 2.75) is 11.4 Å². The van der Waals surface area contributed by atoms with Gasteiger partial charge in [0, 0.05) is 11.6 Å². The van der Waals surface area contributed by atoms with Gasteiger partial charge in [0.2, 0.25) is 10.0 Å². The monoisotopic (exact) mass is 324 g/mol. The minimum absolute atomic E-state index is 0.0148. The fourth-order valence-electron chi connectivity index (χ4n) is 1.70. The van der Waals surface area contributed by atoms with Crippen LogP contribution in [0.4, 0.5) is 4.39 Å². The molecule has 7 heteroatoms. The number of benzene rings is 2. The van der Waals surface area contributed by atoms with Crippen molar-refractivity contribution in [2.24, 2.45) is 0 Å². The minimum Gasteiger partial charge on any atom is -0.207 e. The van der Waals surface area contributed by atoms with Crippen molar-refractivity contribution < 1.29 is 12.8 Å². The van der Waals surface area contributed by atoms with Gasteiger partial charge in [0.1, 0.15) is 22.3 Å². The van der Waals surface area contributed by atoms with E-state index in [1.54, 1.807) is 30.3 Å². The van der Waals surface area contributed by atoms with Crippen LogP contribution in [0.15, 0.2) is 47.4 Å². The van der Waals surface area contributed by atoms with Crippen molar-refractivity contribution in [1.29, 1.82) is 5.26 Å². The van der Waals surface area contributed by atoms with E-state index in [1.165, 1.54) is 12.1 Å². The van der Waals surface area contributed by atoms with Crippen LogP contribution in [0.5, 0.6) is 0 Å². The molecular weight excluding hydrogens is 315 g/mol. The van der Waals surface area contributed by atoms with Crippen LogP contribution in [0, 0.1) is 17.1 Å². The number of nitriles is 1. The summed E-state index contributed by atoms with van der Waals surface area (Å²) >= 11 is 5.74. The lowest BCUT2D eigenvalue weighted by Gasteiger charge is -2.08. The van der Waals surface area contributed by atoms with Crippen LogP contribution >= 0.6 is 11.6 Å². The molecule has 0 aliphatic rings. The molecule has 0 unspecified atom stereocenters. The number of hydrogen-bond donors (Lipinski definition) is 1. The zero-order chi connectivity index (χ0) is 15.5. The lowest BCUT2D eigenvalue weighted by Crippen LogP contribution is -2.24. The van der Waals surface area contributed by atoms with E-state index < -0.39 is 21.4 Å². The molecule has 2 aromatic carbocycles. The van der Waals surface area contributed by atoms with Gasteiger partial charge in [-0.25, -0.2) is 17.5 Å². The molecule has 0 bridgehead atoms. The Morgan fingerprint density at radius 2 is 1.86 bits per heavy atom. The molecule has 0 atom stereocenters. The Morgan fingerprint density at radius 3 is 2.48 bits per heavy atom. The largest absolute Gasteiger partial charge is 0.242 e. The van der Waals surface area contributed by atoms with Crippen molar-refractivity contribution in [3.05, 3.63) is 64.4 Å². The van der Waals surface area contributed by atoms with Crippen LogP contribution in [0.25, 0.3) is 0 Å². The molecule has 4 nitrogen and oxygen atoms in total. The minimum atomic E-state index is -3.98. The van der Waals surface area contributed by atoms with E-state index in [-0.39, 0.29) is 11.4 Å². The third kappa shape index (κ3) is 3.58. The Kier molecular flexibility index (Phi) is 4.58. The Hall–Kier alpha value is -1.94. The summed E-state index contributed by atoms with van der Waals surface area (Å²) in [6.45, 7) is 0.0148. The predicted octanol–water partition coefficient (Wildman–Crippen LogP) is 2.83. The van der Waals surface area contributed by atoms with Crippen LogP contribution in [-0.2, 0) is 16.6 Å². The number of rotatable bonds is 4. The highest BCUT2D eigenvalue weighted by atomic mass is 35.5. The molecule has 0 aliphatic carbocycles. The highest BCUT2D eigenvalue weighted by Crippen LogP contribution is 2.18. The van der Waals surface area contributed by atoms with E-state index in [1.807, 2.05) is 0 Å². The summed E-state index contributed by atoms with van der Waals surface area (Å²) < 4.78 is 40.1. The smallest absolute Gasteiger partial charge is 0.207 e. The van der Waals surface area contributed by atoms with Crippen molar-refractivity contribution in [1.82, 2.24) is 4.72 Å². The van der Waals surface area contributed by atoms with Crippen molar-refractivity contribution >= 4 is 21.6 Å². The van der Waals surface area contributed by atoms with Gasteiger partial charge in [-0.2, -0.15) is 5.26 Å². The number of nitrogens with one attached hydrogen (secondary N) is 1. The average Bonchev–Trinajstić information content (AvgIpc) is 2.46. The maximum absolute atomic E-state index is 13.5. The molecule has 0 radical (unpaired) electrons. The first-order valence-electron chi connectivity index (χ1n) is 5.87. The van der Waals surface area contributed by atoms with Crippen LogP contribution in [0.2, 0.25) is 5.02 Å². The SMILES string of the molecule is N#Cc1c(F)cccc1S(=O)(=O)NCc1ccc(Cl)cc1. The number of halogens is 2. The fraction of sp³-hybridized carbons (Fsp3) is 0.0714. The zero-order valence-electron chi connectivity index (χ0n) is 10.7. The van der Waals surface area contributed by atoms with Crippen molar-refractivity contribution in [3.63, 3.8) is 0 Å². The second-order valence-electron chi connectivity index (χ2n) is 4.18. The summed E-state index contributed by atoms with van der Waals surface area (Å²) in [5.74, 6) is -0.869. The number of sulfonamides is 1. The summed E-state index contributed by atoms with van der Waals surface area (Å²) in [6, 6.07) is 11.6. The van der Waals surface area contributed by atoms with E-state index in [4.69, 9.17) is 16.9 Å². The Morgan fingerprint density at radius 1 is 1.19 bits per heavy atom. The molecule has 0 heterocycles. The molecule has 0 saturated carbocycles. The lowest BCUT2D eigenvalue weighted by atomic mass is 10.2. The first-order chi connectivity index (χ1) is 9.94. The van der Waals surface area contributed by atoms with Gasteiger partial charge in [0.25, 0.3) is 0 Å². The molecule has 2 aromatic rings. The van der Waals surface area contributed by atoms with Crippen LogP contribution < -0.4 is 4.72 Å². The van der Waals surface area contributed by atoms with Crippen molar-refractivity contribution in [3.8, 4) is 6.07 Å². The molecule has 0 aromatic heterocycles. The maximum atomic E-state index is 13.5. The van der Waals surface area contributed by atoms with E-state index in [2.05, 4.69) is 4.72 Å². The van der Waals surface area contributed by atoms with Gasteiger partial charge >= 0.3 is 0 Å². The van der Waals surface area contributed by atoms with E-state index >= 15 is 0 Å². The van der Waals surface area contributed by atoms with E-state index in [9.17, 15) is 12.8 Å². The van der Waals surface area contributed by atoms with Gasteiger partial charge in [-0.05, 0) is 29.8 Å². The third-order valence-electron chi connectivity index (χ3n) is 2.76. The predicted molar refractivity (Wildman–Crippen MR) is 76.6 cm³/mol. The van der Waals surface area contributed by atoms with Crippen LogP contribution in [0.3, 0.4) is 0 Å². The summed E-state index contributed by atoms with van der Waals surface area (Å²) in [5.41, 5.74) is 0.194. The molecule has 0 saturated heterocycles. The molecule has 2 rings (SSSR count). The number of hydrogen-bond acceptors (Lipinski definition) is 3. The quantitative estimate of drug-likeness (QED) is 0.940. The standard InChI is InChI=1S/C14H10ClFN2O2S/c15-11-6-4-10(5-7-11)9-18-21(19,20)14-3-1-2-13(16)12(14)8-17/h1-7,18H,9H2. The summed E-state index contributed by atoms with van der Waals surface area (Å²) in [6.07, 6.45) is 0. The van der Waals surface area contributed by atoms with Gasteiger partial charge in [-0.1, -0.05) is 29.8 Å². The van der Waals surface area contributed by atoms with Gasteiger partial charge in [0.05, 0.1) is 0 Å². The third-order valence-corrected chi connectivity index (χ3v) is 4.45. The molecule has 0 spiro atoms. The molecule has 0 amide bonds. The second-order valence-corrected chi connectivity index (χ2v) is 6.35. The van der Waals surface area contributed by atoms with Crippen LogP contribution in [0.1, 0.15) is 11.1 Å². The van der Waals surface area contributed by atoms with Crippen LogP contribution in [-0.4, -0.2) is 8.42 Å². The van der Waals surface area contributed by atoms with Gasteiger partial charge < -0.3 is 0 Å². The van der Waals surface area contributed by atoms with Gasteiger partial charge in [0.15, 0.2) is 0 Å². The summed E-state index contributed by atoms with van der Waals surface area (Å²) in [5, 5.41) is 9.42. The maximum Gasteiger partial charge on any atom is 0.242 e. The topological polar surface area (TPSA) is 70.0 Å². The summed E-state index contributed by atoms with van der Waals surface area (Å²) in [4.78, 5) is -0.376. The average molecular weight is 325 g/mol. The molecule has 0 fully saturated rings. The second kappa shape index (κ2) is 6.22. The zero-order valence-corrected chi connectivity index (χ0v) is 12.2. The molecular formula is C14H10ClFN2O2S. The normalized spacial score (nSPS) is 11.1. The Labute approximate surface area is 126 Å².